The molecule has 0 aromatic heterocycles. The van der Waals surface area contributed by atoms with Crippen molar-refractivity contribution in [1.82, 2.24) is 20.0 Å². The smallest absolute Gasteiger partial charge is 0.225 e. The number of guanidine groups is 1. The molecule has 1 aliphatic carbocycles. The van der Waals surface area contributed by atoms with Crippen LogP contribution in [0.2, 0.25) is 0 Å². The summed E-state index contributed by atoms with van der Waals surface area (Å²) < 4.78 is 0. The number of benzene rings is 1. The lowest BCUT2D eigenvalue weighted by molar-refractivity contribution is -0.137. The number of para-hydroxylation sites is 1. The van der Waals surface area contributed by atoms with E-state index >= 15 is 0 Å². The minimum atomic E-state index is 0. The molecule has 0 bridgehead atoms. The molecule has 1 aromatic carbocycles. The van der Waals surface area contributed by atoms with Crippen LogP contribution < -0.4 is 10.2 Å². The van der Waals surface area contributed by atoms with Gasteiger partial charge in [0.2, 0.25) is 5.91 Å². The van der Waals surface area contributed by atoms with Gasteiger partial charge in [0.05, 0.1) is 6.54 Å². The van der Waals surface area contributed by atoms with Gasteiger partial charge in [-0.1, -0.05) is 31.0 Å². The zero-order valence-corrected chi connectivity index (χ0v) is 22.5. The summed E-state index contributed by atoms with van der Waals surface area (Å²) >= 11 is 0. The minimum absolute atomic E-state index is 0. The summed E-state index contributed by atoms with van der Waals surface area (Å²) in [6, 6.07) is 10.7. The van der Waals surface area contributed by atoms with E-state index in [1.165, 1.54) is 18.5 Å². The topological polar surface area (TPSA) is 54.4 Å². The predicted octanol–water partition coefficient (Wildman–Crippen LogP) is 2.73. The highest BCUT2D eigenvalue weighted by molar-refractivity contribution is 14.0. The van der Waals surface area contributed by atoms with E-state index in [2.05, 4.69) is 62.2 Å². The van der Waals surface area contributed by atoms with Crippen LogP contribution in [0.5, 0.6) is 0 Å². The molecule has 8 heteroatoms. The standard InChI is InChI=1S/C25H40N6O.HI/c1-2-26-25(31-20-18-29(19-21-31)23-10-4-3-5-11-23)27-12-13-28-14-16-30(17-15-28)24(32)22-8-6-7-9-22;/h3-5,10-11,22H,2,6-9,12-21H2,1H3,(H,26,27);1H. The first kappa shape index (κ1) is 26.1. The quantitative estimate of drug-likeness (QED) is 0.325. The number of nitrogens with one attached hydrogen (secondary N) is 1. The molecule has 3 aliphatic rings. The van der Waals surface area contributed by atoms with Gasteiger partial charge >= 0.3 is 0 Å². The zero-order chi connectivity index (χ0) is 22.2. The molecule has 1 amide bonds. The molecule has 33 heavy (non-hydrogen) atoms. The number of anilines is 1. The number of amides is 1. The number of carbonyl (C=O) groups excluding carboxylic acids is 1. The third-order valence-corrected chi connectivity index (χ3v) is 7.10. The fraction of sp³-hybridized carbons (Fsp3) is 0.680. The van der Waals surface area contributed by atoms with Crippen LogP contribution in [0, 0.1) is 5.92 Å². The number of halogens is 1. The van der Waals surface area contributed by atoms with Crippen molar-refractivity contribution in [1.29, 1.82) is 0 Å². The molecule has 1 saturated carbocycles. The molecule has 2 heterocycles. The predicted molar refractivity (Wildman–Crippen MR) is 147 cm³/mol. The molecule has 3 fully saturated rings. The van der Waals surface area contributed by atoms with Gasteiger partial charge in [0.1, 0.15) is 0 Å². The van der Waals surface area contributed by atoms with Gasteiger partial charge in [0.25, 0.3) is 0 Å². The van der Waals surface area contributed by atoms with E-state index in [1.807, 2.05) is 0 Å². The summed E-state index contributed by atoms with van der Waals surface area (Å²) in [7, 11) is 0. The lowest BCUT2D eigenvalue weighted by Crippen LogP contribution is -2.53. The van der Waals surface area contributed by atoms with E-state index in [0.29, 0.717) is 11.8 Å². The van der Waals surface area contributed by atoms with Gasteiger partial charge in [-0.05, 0) is 31.9 Å². The molecule has 184 valence electrons. The van der Waals surface area contributed by atoms with E-state index in [9.17, 15) is 4.79 Å². The second-order valence-electron chi connectivity index (χ2n) is 9.19. The van der Waals surface area contributed by atoms with Crippen LogP contribution in [0.1, 0.15) is 32.6 Å². The van der Waals surface area contributed by atoms with Crippen LogP contribution >= 0.6 is 24.0 Å². The summed E-state index contributed by atoms with van der Waals surface area (Å²) in [5.41, 5.74) is 1.31. The highest BCUT2D eigenvalue weighted by Crippen LogP contribution is 2.26. The van der Waals surface area contributed by atoms with Crippen molar-refractivity contribution in [2.45, 2.75) is 32.6 Å². The molecule has 0 spiro atoms. The molecule has 0 radical (unpaired) electrons. The molecular weight excluding hydrogens is 527 g/mol. The Hall–Kier alpha value is -1.55. The number of piperazine rings is 2. The summed E-state index contributed by atoms with van der Waals surface area (Å²) in [4.78, 5) is 27.0. The number of hydrogen-bond donors (Lipinski definition) is 1. The van der Waals surface area contributed by atoms with Crippen molar-refractivity contribution < 1.29 is 4.79 Å². The third kappa shape index (κ3) is 7.21. The molecular formula is C25H41IN6O. The Balaban J connectivity index is 0.00000306. The fourth-order valence-electron chi connectivity index (χ4n) is 5.16. The van der Waals surface area contributed by atoms with Crippen LogP contribution in [-0.2, 0) is 4.79 Å². The second-order valence-corrected chi connectivity index (χ2v) is 9.19. The Morgan fingerprint density at radius 3 is 2.21 bits per heavy atom. The molecule has 0 unspecified atom stereocenters. The van der Waals surface area contributed by atoms with Crippen LogP contribution in [0.25, 0.3) is 0 Å². The first-order valence-corrected chi connectivity index (χ1v) is 12.6. The Kier molecular flexibility index (Phi) is 10.6. The van der Waals surface area contributed by atoms with Gasteiger partial charge < -0.3 is 20.0 Å². The van der Waals surface area contributed by atoms with E-state index in [1.54, 1.807) is 0 Å². The number of carbonyl (C=O) groups is 1. The minimum Gasteiger partial charge on any atom is -0.368 e. The lowest BCUT2D eigenvalue weighted by Gasteiger charge is -2.38. The van der Waals surface area contributed by atoms with Gasteiger partial charge in [-0.15, -0.1) is 24.0 Å². The van der Waals surface area contributed by atoms with Gasteiger partial charge in [-0.2, -0.15) is 0 Å². The summed E-state index contributed by atoms with van der Waals surface area (Å²) in [5, 5.41) is 3.48. The van der Waals surface area contributed by atoms with Crippen molar-refractivity contribution >= 4 is 41.5 Å². The molecule has 1 N–H and O–H groups in total. The van der Waals surface area contributed by atoms with Crippen molar-refractivity contribution in [3.63, 3.8) is 0 Å². The maximum absolute atomic E-state index is 12.6. The van der Waals surface area contributed by atoms with Crippen molar-refractivity contribution in [2.24, 2.45) is 10.9 Å². The van der Waals surface area contributed by atoms with Crippen LogP contribution in [0.4, 0.5) is 5.69 Å². The van der Waals surface area contributed by atoms with E-state index < -0.39 is 0 Å². The summed E-state index contributed by atoms with van der Waals surface area (Å²) in [6.07, 6.45) is 4.65. The van der Waals surface area contributed by atoms with E-state index in [4.69, 9.17) is 4.99 Å². The highest BCUT2D eigenvalue weighted by Gasteiger charge is 2.29. The molecule has 7 nitrogen and oxygen atoms in total. The molecule has 1 aromatic rings. The Bertz CT molecular complexity index is 739. The summed E-state index contributed by atoms with van der Waals surface area (Å²) in [6.45, 7) is 12.5. The maximum atomic E-state index is 12.6. The highest BCUT2D eigenvalue weighted by atomic mass is 127. The number of rotatable bonds is 6. The first-order valence-electron chi connectivity index (χ1n) is 12.6. The van der Waals surface area contributed by atoms with Crippen LogP contribution in [0.15, 0.2) is 35.3 Å². The van der Waals surface area contributed by atoms with Crippen molar-refractivity contribution in [3.8, 4) is 0 Å². The molecule has 4 rings (SSSR count). The van der Waals surface area contributed by atoms with Crippen LogP contribution in [-0.4, -0.2) is 98.6 Å². The number of hydrogen-bond acceptors (Lipinski definition) is 4. The average molecular weight is 569 g/mol. The van der Waals surface area contributed by atoms with Crippen LogP contribution in [0.3, 0.4) is 0 Å². The Morgan fingerprint density at radius 1 is 0.939 bits per heavy atom. The van der Waals surface area contributed by atoms with Gasteiger partial charge in [0, 0.05) is 77.1 Å². The maximum Gasteiger partial charge on any atom is 0.225 e. The molecule has 2 saturated heterocycles. The fourth-order valence-corrected chi connectivity index (χ4v) is 5.16. The monoisotopic (exact) mass is 568 g/mol. The third-order valence-electron chi connectivity index (χ3n) is 7.10. The van der Waals surface area contributed by atoms with Gasteiger partial charge in [0.15, 0.2) is 5.96 Å². The lowest BCUT2D eigenvalue weighted by atomic mass is 10.1. The Labute approximate surface area is 216 Å². The van der Waals surface area contributed by atoms with Crippen molar-refractivity contribution in [3.05, 3.63) is 30.3 Å². The number of aliphatic imine (C=N–C) groups is 1. The van der Waals surface area contributed by atoms with E-state index in [0.717, 1.165) is 90.8 Å². The SMILES string of the molecule is CCNC(=NCCN1CCN(C(=O)C2CCCC2)CC1)N1CCN(c2ccccc2)CC1.I. The van der Waals surface area contributed by atoms with Gasteiger partial charge in [-0.25, -0.2) is 0 Å². The largest absolute Gasteiger partial charge is 0.368 e. The molecule has 2 aliphatic heterocycles. The second kappa shape index (κ2) is 13.4. The average Bonchev–Trinajstić information content (AvgIpc) is 3.39. The molecule has 0 atom stereocenters. The number of nitrogens with zero attached hydrogens (tertiary/aromatic N) is 5. The van der Waals surface area contributed by atoms with E-state index in [-0.39, 0.29) is 24.0 Å². The van der Waals surface area contributed by atoms with Gasteiger partial charge in [-0.3, -0.25) is 14.7 Å². The normalized spacial score (nSPS) is 20.6. The Morgan fingerprint density at radius 2 is 1.58 bits per heavy atom. The first-order chi connectivity index (χ1) is 15.7. The summed E-state index contributed by atoms with van der Waals surface area (Å²) in [5.74, 6) is 1.75. The van der Waals surface area contributed by atoms with Crippen molar-refractivity contribution in [2.75, 3.05) is 76.9 Å². The zero-order valence-electron chi connectivity index (χ0n) is 20.1.